The number of ether oxygens (including phenoxy) is 2. The van der Waals surface area contributed by atoms with Gasteiger partial charge in [0.2, 0.25) is 5.91 Å². The van der Waals surface area contributed by atoms with Crippen molar-refractivity contribution in [2.24, 2.45) is 0 Å². The molecule has 3 rings (SSSR count). The van der Waals surface area contributed by atoms with Gasteiger partial charge in [-0.1, -0.05) is 12.5 Å². The lowest BCUT2D eigenvalue weighted by Crippen LogP contribution is -2.40. The zero-order valence-corrected chi connectivity index (χ0v) is 17.2. The number of benzene rings is 1. The first-order valence-corrected chi connectivity index (χ1v) is 10.1. The average Bonchev–Trinajstić information content (AvgIpc) is 3.32. The van der Waals surface area contributed by atoms with Crippen molar-refractivity contribution in [1.29, 1.82) is 5.26 Å². The summed E-state index contributed by atoms with van der Waals surface area (Å²) in [6, 6.07) is 11.1. The van der Waals surface area contributed by atoms with Crippen LogP contribution >= 0.6 is 0 Å². The second-order valence-electron chi connectivity index (χ2n) is 7.06. The van der Waals surface area contributed by atoms with E-state index in [1.165, 1.54) is 32.4 Å². The van der Waals surface area contributed by atoms with Gasteiger partial charge in [-0.25, -0.2) is 0 Å². The van der Waals surface area contributed by atoms with Crippen LogP contribution in [0.3, 0.4) is 0 Å². The van der Waals surface area contributed by atoms with Crippen LogP contribution in [-0.4, -0.2) is 44.2 Å². The van der Waals surface area contributed by atoms with Crippen LogP contribution in [0.4, 0.5) is 0 Å². The summed E-state index contributed by atoms with van der Waals surface area (Å²) in [5.41, 5.74) is 0.796. The molecule has 1 aromatic heterocycles. The zero-order chi connectivity index (χ0) is 21.2. The van der Waals surface area contributed by atoms with Gasteiger partial charge in [0.1, 0.15) is 11.8 Å². The van der Waals surface area contributed by atoms with Crippen LogP contribution in [0.5, 0.6) is 11.5 Å². The molecule has 158 valence electrons. The quantitative estimate of drug-likeness (QED) is 0.638. The Bertz CT molecular complexity index is 880. The molecule has 0 aliphatic carbocycles. The molecule has 0 radical (unpaired) electrons. The number of nitrogens with one attached hydrogen (secondary N) is 1. The molecule has 0 bridgehead atoms. The van der Waals surface area contributed by atoms with Gasteiger partial charge in [0.15, 0.2) is 18.1 Å². The number of hydrogen-bond donors (Lipinski definition) is 1. The maximum atomic E-state index is 12.4. The van der Waals surface area contributed by atoms with E-state index < -0.39 is 0 Å². The number of nitrogens with zero attached hydrogens (tertiary/aromatic N) is 2. The van der Waals surface area contributed by atoms with E-state index in [1.54, 1.807) is 30.5 Å². The number of rotatable bonds is 9. The first kappa shape index (κ1) is 21.5. The van der Waals surface area contributed by atoms with Crippen molar-refractivity contribution in [3.63, 3.8) is 0 Å². The topological polar surface area (TPSA) is 87.7 Å². The maximum absolute atomic E-state index is 12.4. The summed E-state index contributed by atoms with van der Waals surface area (Å²) in [6.45, 7) is 2.46. The van der Waals surface area contributed by atoms with Crippen molar-refractivity contribution in [2.45, 2.75) is 25.3 Å². The Morgan fingerprint density at radius 1 is 1.30 bits per heavy atom. The lowest BCUT2D eigenvalue weighted by Gasteiger charge is -2.33. The number of carbonyl (C=O) groups excluding carboxylic acids is 1. The zero-order valence-electron chi connectivity index (χ0n) is 17.2. The highest BCUT2D eigenvalue weighted by Crippen LogP contribution is 2.28. The van der Waals surface area contributed by atoms with Gasteiger partial charge in [-0.15, -0.1) is 0 Å². The molecule has 7 nitrogen and oxygen atoms in total. The summed E-state index contributed by atoms with van der Waals surface area (Å²) in [4.78, 5) is 14.8. The number of hydrogen-bond acceptors (Lipinski definition) is 6. The summed E-state index contributed by atoms with van der Waals surface area (Å²) < 4.78 is 16.2. The molecule has 0 saturated carbocycles. The summed E-state index contributed by atoms with van der Waals surface area (Å²) in [7, 11) is 1.53. The lowest BCUT2D eigenvalue weighted by atomic mass is 10.1. The van der Waals surface area contributed by atoms with Crippen LogP contribution in [0, 0.1) is 11.3 Å². The standard InChI is InChI=1S/C23H27N3O4/c1-28-22-16-18(7-9-21(22)30-15-11-24)8-10-23(27)25-17-19(20-6-5-14-29-20)26-12-3-2-4-13-26/h5-10,14,16,19H,2-4,12-13,15,17H2,1H3,(H,25,27)/b10-8+. The second kappa shape index (κ2) is 11.1. The van der Waals surface area contributed by atoms with Gasteiger partial charge in [0.05, 0.1) is 19.4 Å². The van der Waals surface area contributed by atoms with Crippen LogP contribution < -0.4 is 14.8 Å². The number of carbonyl (C=O) groups is 1. The first-order chi connectivity index (χ1) is 14.7. The van der Waals surface area contributed by atoms with E-state index in [-0.39, 0.29) is 18.6 Å². The number of piperidine rings is 1. The van der Waals surface area contributed by atoms with Crippen molar-refractivity contribution < 1.29 is 18.7 Å². The van der Waals surface area contributed by atoms with E-state index in [4.69, 9.17) is 19.2 Å². The van der Waals surface area contributed by atoms with Gasteiger partial charge in [-0.05, 0) is 61.8 Å². The van der Waals surface area contributed by atoms with Crippen LogP contribution in [0.25, 0.3) is 6.08 Å². The SMILES string of the molecule is COc1cc(/C=C/C(=O)NCC(c2ccco2)N2CCCCC2)ccc1OCC#N. The molecule has 0 spiro atoms. The van der Waals surface area contributed by atoms with Gasteiger partial charge in [-0.3, -0.25) is 9.69 Å². The summed E-state index contributed by atoms with van der Waals surface area (Å²) in [5, 5.41) is 11.6. The molecule has 1 fully saturated rings. The van der Waals surface area contributed by atoms with Crippen molar-refractivity contribution in [1.82, 2.24) is 10.2 Å². The minimum Gasteiger partial charge on any atom is -0.493 e. The minimum absolute atomic E-state index is 0.0364. The van der Waals surface area contributed by atoms with Gasteiger partial charge < -0.3 is 19.2 Å². The lowest BCUT2D eigenvalue weighted by molar-refractivity contribution is -0.116. The Labute approximate surface area is 176 Å². The van der Waals surface area contributed by atoms with E-state index in [9.17, 15) is 4.79 Å². The van der Waals surface area contributed by atoms with Gasteiger partial charge in [0.25, 0.3) is 0 Å². The smallest absolute Gasteiger partial charge is 0.244 e. The molecule has 7 heteroatoms. The number of furan rings is 1. The van der Waals surface area contributed by atoms with E-state index in [1.807, 2.05) is 18.2 Å². The van der Waals surface area contributed by atoms with E-state index in [0.29, 0.717) is 18.0 Å². The highest BCUT2D eigenvalue weighted by atomic mass is 16.5. The second-order valence-corrected chi connectivity index (χ2v) is 7.06. The highest BCUT2D eigenvalue weighted by molar-refractivity contribution is 5.91. The summed E-state index contributed by atoms with van der Waals surface area (Å²) >= 11 is 0. The molecule has 1 N–H and O–H groups in total. The largest absolute Gasteiger partial charge is 0.493 e. The first-order valence-electron chi connectivity index (χ1n) is 10.1. The third kappa shape index (κ3) is 5.88. The third-order valence-electron chi connectivity index (χ3n) is 5.08. The number of likely N-dealkylation sites (tertiary alicyclic amines) is 1. The predicted octanol–water partition coefficient (Wildman–Crippen LogP) is 3.55. The summed E-state index contributed by atoms with van der Waals surface area (Å²) in [6.07, 6.45) is 8.47. The molecular weight excluding hydrogens is 382 g/mol. The molecule has 30 heavy (non-hydrogen) atoms. The predicted molar refractivity (Wildman–Crippen MR) is 113 cm³/mol. The molecule has 1 saturated heterocycles. The molecule has 2 heterocycles. The molecular formula is C23H27N3O4. The minimum atomic E-state index is -0.174. The van der Waals surface area contributed by atoms with Gasteiger partial charge >= 0.3 is 0 Å². The van der Waals surface area contributed by atoms with Crippen molar-refractivity contribution >= 4 is 12.0 Å². The number of nitriles is 1. The Morgan fingerprint density at radius 3 is 2.83 bits per heavy atom. The van der Waals surface area contributed by atoms with Crippen molar-refractivity contribution in [3.05, 3.63) is 54.0 Å². The van der Waals surface area contributed by atoms with E-state index in [2.05, 4.69) is 10.2 Å². The molecule has 1 unspecified atom stereocenters. The van der Waals surface area contributed by atoms with Gasteiger partial charge in [-0.2, -0.15) is 5.26 Å². The summed E-state index contributed by atoms with van der Waals surface area (Å²) in [5.74, 6) is 1.70. The molecule has 2 aromatic rings. The Morgan fingerprint density at radius 2 is 2.13 bits per heavy atom. The van der Waals surface area contributed by atoms with Crippen LogP contribution in [-0.2, 0) is 4.79 Å². The third-order valence-corrected chi connectivity index (χ3v) is 5.08. The molecule has 1 aliphatic heterocycles. The number of methoxy groups -OCH3 is 1. The molecule has 1 atom stereocenters. The van der Waals surface area contributed by atoms with Crippen molar-refractivity contribution in [3.8, 4) is 17.6 Å². The van der Waals surface area contributed by atoms with Crippen LogP contribution in [0.15, 0.2) is 47.1 Å². The fourth-order valence-corrected chi connectivity index (χ4v) is 3.57. The monoisotopic (exact) mass is 409 g/mol. The molecule has 1 amide bonds. The normalized spacial score (nSPS) is 15.5. The average molecular weight is 409 g/mol. The Kier molecular flexibility index (Phi) is 7.93. The van der Waals surface area contributed by atoms with Gasteiger partial charge in [0, 0.05) is 12.6 Å². The Balaban J connectivity index is 1.60. The highest BCUT2D eigenvalue weighted by Gasteiger charge is 2.24. The van der Waals surface area contributed by atoms with Crippen LogP contribution in [0.1, 0.15) is 36.6 Å². The number of amides is 1. The van der Waals surface area contributed by atoms with Crippen molar-refractivity contribution in [2.75, 3.05) is 33.4 Å². The van der Waals surface area contributed by atoms with Crippen LogP contribution in [0.2, 0.25) is 0 Å². The van der Waals surface area contributed by atoms with E-state index >= 15 is 0 Å². The fraction of sp³-hybridized carbons (Fsp3) is 0.391. The molecule has 1 aromatic carbocycles. The fourth-order valence-electron chi connectivity index (χ4n) is 3.57. The molecule has 1 aliphatic rings. The van der Waals surface area contributed by atoms with E-state index in [0.717, 1.165) is 24.4 Å². The maximum Gasteiger partial charge on any atom is 0.244 e. The Hall–Kier alpha value is -3.24.